The number of hydrogen-bond acceptors (Lipinski definition) is 6. The maximum atomic E-state index is 13.1. The lowest BCUT2D eigenvalue weighted by Crippen LogP contribution is -2.50. The van der Waals surface area contributed by atoms with Gasteiger partial charge in [0, 0.05) is 38.1 Å². The van der Waals surface area contributed by atoms with Gasteiger partial charge in [-0.2, -0.15) is 4.31 Å². The standard InChI is InChI=1S/C19H28N4O3S2/c1-3-4-13-28(25,26)23-11-9-22(10-12-23)19-20-17-16(18(24)21(19)2)14-7-5-6-8-15(14)27-17/h3-13H2,1-2H3. The Morgan fingerprint density at radius 2 is 1.82 bits per heavy atom. The molecule has 0 aromatic carbocycles. The van der Waals surface area contributed by atoms with E-state index in [0.29, 0.717) is 38.5 Å². The normalized spacial score (nSPS) is 18.6. The number of anilines is 1. The van der Waals surface area contributed by atoms with E-state index < -0.39 is 10.0 Å². The molecule has 3 heterocycles. The van der Waals surface area contributed by atoms with Gasteiger partial charge in [0.1, 0.15) is 4.83 Å². The fourth-order valence-corrected chi connectivity index (χ4v) is 7.06. The molecule has 0 radical (unpaired) electrons. The Labute approximate surface area is 170 Å². The summed E-state index contributed by atoms with van der Waals surface area (Å²) >= 11 is 1.66. The van der Waals surface area contributed by atoms with E-state index in [0.717, 1.165) is 35.9 Å². The van der Waals surface area contributed by atoms with Gasteiger partial charge in [-0.25, -0.2) is 13.4 Å². The van der Waals surface area contributed by atoms with Crippen LogP contribution in [0.25, 0.3) is 10.2 Å². The molecule has 7 nitrogen and oxygen atoms in total. The lowest BCUT2D eigenvalue weighted by molar-refractivity contribution is 0.380. The van der Waals surface area contributed by atoms with E-state index in [1.807, 2.05) is 11.8 Å². The predicted octanol–water partition coefficient (Wildman–Crippen LogP) is 2.13. The summed E-state index contributed by atoms with van der Waals surface area (Å²) in [6, 6.07) is 0. The van der Waals surface area contributed by atoms with E-state index in [-0.39, 0.29) is 11.3 Å². The maximum Gasteiger partial charge on any atom is 0.263 e. The lowest BCUT2D eigenvalue weighted by Gasteiger charge is -2.35. The summed E-state index contributed by atoms with van der Waals surface area (Å²) in [6.07, 6.45) is 5.90. The Bertz CT molecular complexity index is 1030. The van der Waals surface area contributed by atoms with Crippen LogP contribution in [0, 0.1) is 0 Å². The van der Waals surface area contributed by atoms with Crippen LogP contribution in [0.4, 0.5) is 5.95 Å². The van der Waals surface area contributed by atoms with Crippen LogP contribution in [0.5, 0.6) is 0 Å². The Hall–Kier alpha value is -1.45. The SMILES string of the molecule is CCCCS(=O)(=O)N1CCN(c2nc3sc4c(c3c(=O)n2C)CCCC4)CC1. The summed E-state index contributed by atoms with van der Waals surface area (Å²) in [5.41, 5.74) is 1.23. The van der Waals surface area contributed by atoms with Gasteiger partial charge in [-0.15, -0.1) is 11.3 Å². The zero-order valence-electron chi connectivity index (χ0n) is 16.6. The molecule has 9 heteroatoms. The topological polar surface area (TPSA) is 75.5 Å². The van der Waals surface area contributed by atoms with Crippen LogP contribution in [-0.4, -0.2) is 54.2 Å². The Morgan fingerprint density at radius 1 is 1.11 bits per heavy atom. The van der Waals surface area contributed by atoms with Crippen LogP contribution < -0.4 is 10.5 Å². The Morgan fingerprint density at radius 3 is 2.54 bits per heavy atom. The van der Waals surface area contributed by atoms with Gasteiger partial charge in [0.15, 0.2) is 0 Å². The van der Waals surface area contributed by atoms with E-state index in [1.165, 1.54) is 16.9 Å². The summed E-state index contributed by atoms with van der Waals surface area (Å²) in [5, 5.41) is 0.798. The summed E-state index contributed by atoms with van der Waals surface area (Å²) < 4.78 is 28.1. The summed E-state index contributed by atoms with van der Waals surface area (Å²) in [6.45, 7) is 4.00. The van der Waals surface area contributed by atoms with Crippen molar-refractivity contribution in [3.63, 3.8) is 0 Å². The highest BCUT2D eigenvalue weighted by Gasteiger charge is 2.29. The number of hydrogen-bond donors (Lipinski definition) is 0. The number of nitrogens with zero attached hydrogens (tertiary/aromatic N) is 4. The summed E-state index contributed by atoms with van der Waals surface area (Å²) in [7, 11) is -1.41. The van der Waals surface area contributed by atoms with Gasteiger partial charge >= 0.3 is 0 Å². The number of fused-ring (bicyclic) bond motifs is 3. The van der Waals surface area contributed by atoms with Gasteiger partial charge < -0.3 is 4.90 Å². The first kappa shape index (κ1) is 19.8. The number of sulfonamides is 1. The third-order valence-electron chi connectivity index (χ3n) is 5.84. The highest BCUT2D eigenvalue weighted by molar-refractivity contribution is 7.89. The monoisotopic (exact) mass is 424 g/mol. The van der Waals surface area contributed by atoms with Crippen molar-refractivity contribution in [3.05, 3.63) is 20.8 Å². The highest BCUT2D eigenvalue weighted by atomic mass is 32.2. The molecule has 2 aliphatic rings. The third kappa shape index (κ3) is 3.48. The Kier molecular flexibility index (Phi) is 5.50. The molecule has 0 N–H and O–H groups in total. The molecule has 2 aromatic heterocycles. The molecule has 28 heavy (non-hydrogen) atoms. The lowest BCUT2D eigenvalue weighted by atomic mass is 9.97. The van der Waals surface area contributed by atoms with Crippen molar-refractivity contribution >= 4 is 37.5 Å². The van der Waals surface area contributed by atoms with Crippen LogP contribution in [0.3, 0.4) is 0 Å². The second-order valence-electron chi connectivity index (χ2n) is 7.72. The van der Waals surface area contributed by atoms with Crippen molar-refractivity contribution in [3.8, 4) is 0 Å². The molecule has 1 aliphatic heterocycles. The van der Waals surface area contributed by atoms with E-state index in [2.05, 4.69) is 0 Å². The van der Waals surface area contributed by atoms with Crippen LogP contribution in [0.15, 0.2) is 4.79 Å². The van der Waals surface area contributed by atoms with Crippen LogP contribution >= 0.6 is 11.3 Å². The molecule has 154 valence electrons. The minimum Gasteiger partial charge on any atom is -0.339 e. The van der Waals surface area contributed by atoms with E-state index in [9.17, 15) is 13.2 Å². The second kappa shape index (κ2) is 7.76. The zero-order valence-corrected chi connectivity index (χ0v) is 18.2. The van der Waals surface area contributed by atoms with Gasteiger partial charge in [0.05, 0.1) is 11.1 Å². The number of aryl methyl sites for hydroxylation is 2. The first-order valence-electron chi connectivity index (χ1n) is 10.2. The van der Waals surface area contributed by atoms with Crippen molar-refractivity contribution in [2.45, 2.75) is 45.4 Å². The van der Waals surface area contributed by atoms with Gasteiger partial charge in [0.25, 0.3) is 5.56 Å². The zero-order chi connectivity index (χ0) is 19.9. The average molecular weight is 425 g/mol. The minimum absolute atomic E-state index is 0.0254. The van der Waals surface area contributed by atoms with Crippen LogP contribution in [-0.2, 0) is 29.9 Å². The number of thiophene rings is 1. The van der Waals surface area contributed by atoms with Crippen LogP contribution in [0.1, 0.15) is 43.0 Å². The quantitative estimate of drug-likeness (QED) is 0.735. The molecule has 1 saturated heterocycles. The number of piperazine rings is 1. The molecule has 0 unspecified atom stereocenters. The van der Waals surface area contributed by atoms with Crippen molar-refractivity contribution in [1.29, 1.82) is 0 Å². The molecule has 0 bridgehead atoms. The molecule has 0 atom stereocenters. The van der Waals surface area contributed by atoms with Gasteiger partial charge in [-0.3, -0.25) is 9.36 Å². The van der Waals surface area contributed by atoms with E-state index >= 15 is 0 Å². The molecule has 4 rings (SSSR count). The molecule has 0 spiro atoms. The van der Waals surface area contributed by atoms with Gasteiger partial charge in [-0.1, -0.05) is 13.3 Å². The van der Waals surface area contributed by atoms with Gasteiger partial charge in [0.2, 0.25) is 16.0 Å². The second-order valence-corrected chi connectivity index (χ2v) is 10.9. The van der Waals surface area contributed by atoms with Gasteiger partial charge in [-0.05, 0) is 37.7 Å². The smallest absolute Gasteiger partial charge is 0.263 e. The van der Waals surface area contributed by atoms with E-state index in [4.69, 9.17) is 4.98 Å². The molecule has 1 fully saturated rings. The number of aromatic nitrogens is 2. The highest BCUT2D eigenvalue weighted by Crippen LogP contribution is 2.34. The average Bonchev–Trinajstić information content (AvgIpc) is 3.08. The van der Waals surface area contributed by atoms with Crippen molar-refractivity contribution < 1.29 is 8.42 Å². The molecular weight excluding hydrogens is 396 g/mol. The largest absolute Gasteiger partial charge is 0.339 e. The Balaban J connectivity index is 1.59. The fourth-order valence-electron chi connectivity index (χ4n) is 4.18. The van der Waals surface area contributed by atoms with Crippen LogP contribution in [0.2, 0.25) is 0 Å². The van der Waals surface area contributed by atoms with Crippen molar-refractivity contribution in [2.24, 2.45) is 7.05 Å². The minimum atomic E-state index is -3.19. The van der Waals surface area contributed by atoms with Crippen molar-refractivity contribution in [2.75, 3.05) is 36.8 Å². The first-order valence-corrected chi connectivity index (χ1v) is 12.6. The number of unbranched alkanes of at least 4 members (excludes halogenated alkanes) is 1. The molecule has 0 saturated carbocycles. The molecule has 2 aromatic rings. The fraction of sp³-hybridized carbons (Fsp3) is 0.684. The summed E-state index contributed by atoms with van der Waals surface area (Å²) in [4.78, 5) is 22.1. The molecule has 1 aliphatic carbocycles. The van der Waals surface area contributed by atoms with E-state index in [1.54, 1.807) is 27.3 Å². The molecule has 0 amide bonds. The third-order valence-corrected chi connectivity index (χ3v) is 8.99. The first-order chi connectivity index (χ1) is 13.4. The summed E-state index contributed by atoms with van der Waals surface area (Å²) in [5.74, 6) is 0.870. The predicted molar refractivity (Wildman–Crippen MR) is 114 cm³/mol. The number of rotatable bonds is 5. The van der Waals surface area contributed by atoms with Crippen molar-refractivity contribution in [1.82, 2.24) is 13.9 Å². The molecular formula is C19H28N4O3S2. The maximum absolute atomic E-state index is 13.1.